The van der Waals surface area contributed by atoms with Crippen molar-refractivity contribution in [3.05, 3.63) is 39.4 Å². The molecule has 0 radical (unpaired) electrons. The van der Waals surface area contributed by atoms with Gasteiger partial charge in [-0.2, -0.15) is 0 Å². The summed E-state index contributed by atoms with van der Waals surface area (Å²) in [5.41, 5.74) is 5.31. The summed E-state index contributed by atoms with van der Waals surface area (Å²) in [6.07, 6.45) is 4.86. The van der Waals surface area contributed by atoms with Crippen molar-refractivity contribution in [3.8, 4) is 0 Å². The van der Waals surface area contributed by atoms with Gasteiger partial charge in [0.25, 0.3) is 10.0 Å². The highest BCUT2D eigenvalue weighted by atomic mass is 32.2. The van der Waals surface area contributed by atoms with Gasteiger partial charge in [0.1, 0.15) is 4.91 Å². The zero-order valence-electron chi connectivity index (χ0n) is 15.4. The molecule has 150 valence electrons. The highest BCUT2D eigenvalue weighted by Crippen LogP contribution is 2.38. The third-order valence-electron chi connectivity index (χ3n) is 5.53. The van der Waals surface area contributed by atoms with E-state index in [1.54, 1.807) is 0 Å². The summed E-state index contributed by atoms with van der Waals surface area (Å²) in [4.78, 5) is 24.3. The van der Waals surface area contributed by atoms with E-state index >= 15 is 0 Å². The van der Waals surface area contributed by atoms with E-state index < -0.39 is 33.2 Å². The Labute approximate surface area is 162 Å². The Morgan fingerprint density at radius 2 is 1.79 bits per heavy atom. The highest BCUT2D eigenvalue weighted by molar-refractivity contribution is 7.94. The van der Waals surface area contributed by atoms with Gasteiger partial charge in [-0.15, -0.1) is 0 Å². The first-order valence-corrected chi connectivity index (χ1v) is 10.7. The number of hydrogen-bond donors (Lipinski definition) is 4. The number of carbonyl (C=O) groups excluding carboxylic acids is 2. The fourth-order valence-corrected chi connectivity index (χ4v) is 5.18. The molecular weight excluding hydrogens is 384 g/mol. The molecule has 28 heavy (non-hydrogen) atoms. The number of aryl methyl sites for hydroxylation is 2. The second kappa shape index (κ2) is 6.78. The minimum atomic E-state index is -4.34. The number of aliphatic hydroxyl groups is 1. The van der Waals surface area contributed by atoms with Crippen LogP contribution in [0.1, 0.15) is 35.1 Å². The van der Waals surface area contributed by atoms with E-state index in [1.807, 2.05) is 4.72 Å². The molecule has 0 fully saturated rings. The number of likely N-dealkylation sites (N-methyl/N-ethyl adjacent to an activating group) is 1. The standard InChI is InChI=1S/C18H22N4O5S/c1-22-16(23)14(9-19-18(22)25)28(26,27)21-17(24)20-15-12-6-2-4-10(12)8-11-5-3-7-13(11)15/h8-9,16,23H,2-7H2,1H3,(H,19,25)(H2,20,21,24). The molecule has 1 unspecified atom stereocenters. The molecule has 3 aliphatic rings. The second-order valence-electron chi connectivity index (χ2n) is 7.27. The van der Waals surface area contributed by atoms with Crippen molar-refractivity contribution in [1.29, 1.82) is 0 Å². The van der Waals surface area contributed by atoms with Crippen LogP contribution in [0.3, 0.4) is 0 Å². The van der Waals surface area contributed by atoms with Gasteiger partial charge in [0.05, 0.1) is 0 Å². The zero-order chi connectivity index (χ0) is 20.1. The second-order valence-corrected chi connectivity index (χ2v) is 8.96. The maximum absolute atomic E-state index is 12.5. The van der Waals surface area contributed by atoms with Gasteiger partial charge < -0.3 is 15.7 Å². The van der Waals surface area contributed by atoms with Crippen molar-refractivity contribution in [2.24, 2.45) is 0 Å². The summed E-state index contributed by atoms with van der Waals surface area (Å²) in [7, 11) is -3.09. The van der Waals surface area contributed by atoms with Crippen LogP contribution in [0, 0.1) is 0 Å². The molecule has 1 aromatic rings. The van der Waals surface area contributed by atoms with Crippen molar-refractivity contribution in [2.45, 2.75) is 44.8 Å². The van der Waals surface area contributed by atoms with Gasteiger partial charge in [-0.3, -0.25) is 4.90 Å². The molecule has 0 spiro atoms. The molecular formula is C18H22N4O5S. The first-order valence-electron chi connectivity index (χ1n) is 9.19. The Balaban J connectivity index is 1.57. The number of urea groups is 2. The van der Waals surface area contributed by atoms with E-state index in [9.17, 15) is 23.1 Å². The summed E-state index contributed by atoms with van der Waals surface area (Å²) in [6, 6.07) is 0.681. The fraction of sp³-hybridized carbons (Fsp3) is 0.444. The number of aliphatic hydroxyl groups excluding tert-OH is 1. The van der Waals surface area contributed by atoms with E-state index in [0.29, 0.717) is 0 Å². The van der Waals surface area contributed by atoms with E-state index in [0.717, 1.165) is 66.4 Å². The van der Waals surface area contributed by atoms with Crippen LogP contribution in [0.15, 0.2) is 17.2 Å². The van der Waals surface area contributed by atoms with Crippen molar-refractivity contribution < 1.29 is 23.1 Å². The van der Waals surface area contributed by atoms with Crippen LogP contribution in [0.25, 0.3) is 0 Å². The summed E-state index contributed by atoms with van der Waals surface area (Å²) >= 11 is 0. The first-order chi connectivity index (χ1) is 13.3. The highest BCUT2D eigenvalue weighted by Gasteiger charge is 2.35. The normalized spacial score (nSPS) is 20.9. The molecule has 0 saturated carbocycles. The number of sulfonamides is 1. The Kier molecular flexibility index (Phi) is 4.54. The van der Waals surface area contributed by atoms with Crippen molar-refractivity contribution >= 4 is 27.8 Å². The lowest BCUT2D eigenvalue weighted by Gasteiger charge is -2.29. The lowest BCUT2D eigenvalue weighted by Crippen LogP contribution is -2.50. The van der Waals surface area contributed by atoms with Crippen molar-refractivity contribution in [2.75, 3.05) is 12.4 Å². The predicted octanol–water partition coefficient (Wildman–Crippen LogP) is 0.930. The molecule has 1 heterocycles. The van der Waals surface area contributed by atoms with Gasteiger partial charge >= 0.3 is 12.1 Å². The largest absolute Gasteiger partial charge is 0.368 e. The number of nitrogens with zero attached hydrogens (tertiary/aromatic N) is 1. The molecule has 2 aliphatic carbocycles. The van der Waals surface area contributed by atoms with Crippen LogP contribution >= 0.6 is 0 Å². The molecule has 4 N–H and O–H groups in total. The maximum Gasteiger partial charge on any atom is 0.333 e. The molecule has 4 rings (SSSR count). The Hall–Kier alpha value is -2.59. The van der Waals surface area contributed by atoms with Crippen molar-refractivity contribution in [1.82, 2.24) is 14.9 Å². The molecule has 1 atom stereocenters. The first kappa shape index (κ1) is 18.8. The van der Waals surface area contributed by atoms with E-state index in [-0.39, 0.29) is 0 Å². The minimum Gasteiger partial charge on any atom is -0.368 e. The van der Waals surface area contributed by atoms with E-state index in [1.165, 1.54) is 18.2 Å². The third kappa shape index (κ3) is 3.12. The molecule has 0 saturated heterocycles. The van der Waals surface area contributed by atoms with Gasteiger partial charge in [0.15, 0.2) is 6.23 Å². The monoisotopic (exact) mass is 406 g/mol. The molecule has 10 heteroatoms. The van der Waals surface area contributed by atoms with Crippen LogP contribution in [-0.4, -0.2) is 43.8 Å². The fourth-order valence-electron chi connectivity index (χ4n) is 4.11. The van der Waals surface area contributed by atoms with E-state index in [2.05, 4.69) is 16.7 Å². The number of anilines is 1. The SMILES string of the molecule is CN1C(=O)NC=C(S(=O)(=O)NC(=O)Nc2c3c(cc4c2CCC4)CCC3)C1O. The maximum atomic E-state index is 12.5. The number of fused-ring (bicyclic) bond motifs is 2. The topological polar surface area (TPSA) is 128 Å². The summed E-state index contributed by atoms with van der Waals surface area (Å²) in [5, 5.41) is 15.0. The minimum absolute atomic E-state index is 0.506. The van der Waals surface area contributed by atoms with Gasteiger partial charge in [-0.05, 0) is 60.8 Å². The van der Waals surface area contributed by atoms with Crippen LogP contribution in [0.2, 0.25) is 0 Å². The average molecular weight is 406 g/mol. The average Bonchev–Trinajstić information content (AvgIpc) is 3.27. The lowest BCUT2D eigenvalue weighted by molar-refractivity contribution is 0.0763. The summed E-state index contributed by atoms with van der Waals surface area (Å²) in [5.74, 6) is 0. The molecule has 0 aromatic heterocycles. The molecule has 1 aromatic carbocycles. The van der Waals surface area contributed by atoms with Crippen LogP contribution in [0.4, 0.5) is 15.3 Å². The van der Waals surface area contributed by atoms with Crippen LogP contribution < -0.4 is 15.4 Å². The third-order valence-corrected chi connectivity index (χ3v) is 6.93. The predicted molar refractivity (Wildman–Crippen MR) is 102 cm³/mol. The van der Waals surface area contributed by atoms with Crippen LogP contribution in [0.5, 0.6) is 0 Å². The lowest BCUT2D eigenvalue weighted by atomic mass is 9.99. The number of amides is 4. The van der Waals surface area contributed by atoms with Crippen molar-refractivity contribution in [3.63, 3.8) is 0 Å². The summed E-state index contributed by atoms with van der Waals surface area (Å²) in [6.45, 7) is 0. The number of carbonyl (C=O) groups is 2. The number of benzene rings is 1. The van der Waals surface area contributed by atoms with E-state index in [4.69, 9.17) is 0 Å². The van der Waals surface area contributed by atoms with Gasteiger partial charge in [-0.1, -0.05) is 6.07 Å². The zero-order valence-corrected chi connectivity index (χ0v) is 16.2. The smallest absolute Gasteiger partial charge is 0.333 e. The Morgan fingerprint density at radius 3 is 2.39 bits per heavy atom. The van der Waals surface area contributed by atoms with Gasteiger partial charge in [0, 0.05) is 18.9 Å². The van der Waals surface area contributed by atoms with Crippen LogP contribution in [-0.2, 0) is 35.7 Å². The Morgan fingerprint density at radius 1 is 1.18 bits per heavy atom. The number of nitrogens with one attached hydrogen (secondary N) is 3. The van der Waals surface area contributed by atoms with Gasteiger partial charge in [-0.25, -0.2) is 22.7 Å². The quantitative estimate of drug-likeness (QED) is 0.594. The van der Waals surface area contributed by atoms with Gasteiger partial charge in [0.2, 0.25) is 0 Å². The molecule has 1 aliphatic heterocycles. The number of hydrogen-bond acceptors (Lipinski definition) is 5. The molecule has 0 bridgehead atoms. The molecule has 4 amide bonds. The number of rotatable bonds is 3. The molecule has 9 nitrogen and oxygen atoms in total. The Bertz CT molecular complexity index is 969. The summed E-state index contributed by atoms with van der Waals surface area (Å²) < 4.78 is 27.0.